The first-order chi connectivity index (χ1) is 11.6. The molecule has 0 aromatic carbocycles. The maximum absolute atomic E-state index is 12.5. The van der Waals surface area contributed by atoms with Gasteiger partial charge in [-0.2, -0.15) is 0 Å². The number of Topliss-reactive ketones (excluding diaryl/α,β-unsaturated/α-hetero) is 1. The summed E-state index contributed by atoms with van der Waals surface area (Å²) in [6, 6.07) is 0. The Hall–Kier alpha value is -1.42. The third kappa shape index (κ3) is 3.74. The summed E-state index contributed by atoms with van der Waals surface area (Å²) in [6.07, 6.45) is 3.32. The van der Waals surface area contributed by atoms with E-state index >= 15 is 0 Å². The summed E-state index contributed by atoms with van der Waals surface area (Å²) >= 11 is 0. The average Bonchev–Trinajstić information content (AvgIpc) is 2.54. The predicted molar refractivity (Wildman–Crippen MR) is 97.9 cm³/mol. The maximum Gasteiger partial charge on any atom is 0.330 e. The first kappa shape index (κ1) is 19.9. The molecule has 0 aromatic heterocycles. The Balaban J connectivity index is 2.21. The molecule has 140 valence electrons. The molecule has 4 heteroatoms. The number of rotatable bonds is 4. The number of aliphatic hydroxyl groups excluding tert-OH is 1. The van der Waals surface area contributed by atoms with Crippen molar-refractivity contribution in [3.05, 3.63) is 23.8 Å². The fourth-order valence-electron chi connectivity index (χ4n) is 4.55. The van der Waals surface area contributed by atoms with Gasteiger partial charge in [0, 0.05) is 12.0 Å². The van der Waals surface area contributed by atoms with E-state index in [1.165, 1.54) is 0 Å². The second-order valence-corrected chi connectivity index (χ2v) is 8.25. The minimum atomic E-state index is -0.943. The van der Waals surface area contributed by atoms with Gasteiger partial charge in [0.2, 0.25) is 0 Å². The molecule has 0 heterocycles. The van der Waals surface area contributed by atoms with E-state index in [1.54, 1.807) is 6.08 Å². The molecule has 6 atom stereocenters. The summed E-state index contributed by atoms with van der Waals surface area (Å²) in [6.45, 7) is 13.9. The molecule has 2 aliphatic carbocycles. The van der Waals surface area contributed by atoms with E-state index in [0.29, 0.717) is 19.3 Å². The molecule has 2 rings (SSSR count). The molecule has 4 nitrogen and oxygen atoms in total. The average molecular weight is 348 g/mol. The molecule has 0 saturated heterocycles. The Kier molecular flexibility index (Phi) is 5.93. The first-order valence-electron chi connectivity index (χ1n) is 9.36. The normalized spacial score (nSPS) is 38.9. The number of allylic oxidation sites excluding steroid dienone is 2. The lowest BCUT2D eigenvalue weighted by molar-refractivity contribution is -0.172. The monoisotopic (exact) mass is 348 g/mol. The highest BCUT2D eigenvalue weighted by molar-refractivity contribution is 5.89. The summed E-state index contributed by atoms with van der Waals surface area (Å²) < 4.78 is 5.74. The van der Waals surface area contributed by atoms with Crippen LogP contribution in [0.3, 0.4) is 0 Å². The van der Waals surface area contributed by atoms with Gasteiger partial charge in [-0.25, -0.2) is 4.79 Å². The molecule has 2 fully saturated rings. The molecule has 25 heavy (non-hydrogen) atoms. The number of carbonyl (C=O) groups excluding carboxylic acids is 2. The fourth-order valence-corrected chi connectivity index (χ4v) is 4.55. The molecule has 0 bridgehead atoms. The standard InChI is InChI=1S/C21H32O4/c1-7-13(4)10-18(22)25-17-9-8-16-20(24)19(23)15(12(2)3)11-21(16,6)14(17)5/h10,14-17,20,24H,2,7-9,11H2,1,3-6H3/b13-10-/t14-,15+,16-,17+,20-,21+/m0/s1. The van der Waals surface area contributed by atoms with Crippen molar-refractivity contribution < 1.29 is 19.4 Å². The van der Waals surface area contributed by atoms with Gasteiger partial charge in [-0.3, -0.25) is 4.79 Å². The number of aliphatic hydroxyl groups is 1. The van der Waals surface area contributed by atoms with Gasteiger partial charge < -0.3 is 9.84 Å². The Bertz CT molecular complexity index is 591. The van der Waals surface area contributed by atoms with Crippen LogP contribution >= 0.6 is 0 Å². The summed E-state index contributed by atoms with van der Waals surface area (Å²) in [5, 5.41) is 10.6. The number of esters is 1. The smallest absolute Gasteiger partial charge is 0.330 e. The van der Waals surface area contributed by atoms with Crippen molar-refractivity contribution in [3.8, 4) is 0 Å². The van der Waals surface area contributed by atoms with Crippen LogP contribution in [0.2, 0.25) is 0 Å². The lowest BCUT2D eigenvalue weighted by Gasteiger charge is -2.54. The number of ether oxygens (including phenoxy) is 1. The highest BCUT2D eigenvalue weighted by atomic mass is 16.5. The SMILES string of the molecule is C=C(C)[C@H]1C[C@]2(C)[C@@H](C)[C@H](OC(=O)/C=C(/C)CC)CC[C@H]2[C@H](O)C1=O. The summed E-state index contributed by atoms with van der Waals surface area (Å²) in [5.41, 5.74) is 1.55. The van der Waals surface area contributed by atoms with Crippen molar-refractivity contribution in [1.82, 2.24) is 0 Å². The van der Waals surface area contributed by atoms with E-state index in [0.717, 1.165) is 17.6 Å². The van der Waals surface area contributed by atoms with Crippen molar-refractivity contribution in [3.63, 3.8) is 0 Å². The molecule has 2 saturated carbocycles. The maximum atomic E-state index is 12.5. The van der Waals surface area contributed by atoms with Crippen molar-refractivity contribution in [2.24, 2.45) is 23.2 Å². The van der Waals surface area contributed by atoms with Crippen molar-refractivity contribution >= 4 is 11.8 Å². The van der Waals surface area contributed by atoms with Crippen LogP contribution in [-0.4, -0.2) is 29.1 Å². The van der Waals surface area contributed by atoms with Gasteiger partial charge in [0.25, 0.3) is 0 Å². The van der Waals surface area contributed by atoms with E-state index in [1.807, 2.05) is 20.8 Å². The molecule has 0 amide bonds. The number of ketones is 1. The van der Waals surface area contributed by atoms with E-state index in [4.69, 9.17) is 4.74 Å². The summed E-state index contributed by atoms with van der Waals surface area (Å²) in [4.78, 5) is 24.6. The highest BCUT2D eigenvalue weighted by Crippen LogP contribution is 2.55. The van der Waals surface area contributed by atoms with Gasteiger partial charge in [0.1, 0.15) is 12.2 Å². The molecule has 2 aliphatic rings. The number of fused-ring (bicyclic) bond motifs is 1. The van der Waals surface area contributed by atoms with Crippen molar-refractivity contribution in [1.29, 1.82) is 0 Å². The van der Waals surface area contributed by atoms with Crippen LogP contribution in [0, 0.1) is 23.2 Å². The largest absolute Gasteiger partial charge is 0.459 e. The van der Waals surface area contributed by atoms with Gasteiger partial charge in [-0.1, -0.05) is 38.5 Å². The zero-order chi connectivity index (χ0) is 18.9. The van der Waals surface area contributed by atoms with Crippen LogP contribution in [0.15, 0.2) is 23.8 Å². The second-order valence-electron chi connectivity index (χ2n) is 8.25. The van der Waals surface area contributed by atoms with Gasteiger partial charge in [0.05, 0.1) is 0 Å². The lowest BCUT2D eigenvalue weighted by Crippen LogP contribution is -2.57. The number of hydrogen-bond acceptors (Lipinski definition) is 4. The third-order valence-electron chi connectivity index (χ3n) is 6.65. The second kappa shape index (κ2) is 7.45. The quantitative estimate of drug-likeness (QED) is 0.476. The summed E-state index contributed by atoms with van der Waals surface area (Å²) in [7, 11) is 0. The fraction of sp³-hybridized carbons (Fsp3) is 0.714. The third-order valence-corrected chi connectivity index (χ3v) is 6.65. The Morgan fingerprint density at radius 3 is 2.60 bits per heavy atom. The van der Waals surface area contributed by atoms with Crippen LogP contribution in [0.25, 0.3) is 0 Å². The van der Waals surface area contributed by atoms with Crippen molar-refractivity contribution in [2.45, 2.75) is 72.5 Å². The molecular weight excluding hydrogens is 316 g/mol. The minimum absolute atomic E-state index is 0.0755. The van der Waals surface area contributed by atoms with Gasteiger partial charge in [-0.15, -0.1) is 0 Å². The van der Waals surface area contributed by atoms with Gasteiger partial charge >= 0.3 is 5.97 Å². The van der Waals surface area contributed by atoms with Gasteiger partial charge in [-0.05, 0) is 56.8 Å². The lowest BCUT2D eigenvalue weighted by atomic mass is 9.51. The van der Waals surface area contributed by atoms with Crippen LogP contribution in [0.4, 0.5) is 0 Å². The molecular formula is C21H32O4. The molecule has 0 unspecified atom stereocenters. The van der Waals surface area contributed by atoms with Crippen LogP contribution in [-0.2, 0) is 14.3 Å². The molecule has 0 spiro atoms. The van der Waals surface area contributed by atoms with Crippen LogP contribution in [0.5, 0.6) is 0 Å². The number of hydrogen-bond donors (Lipinski definition) is 1. The Morgan fingerprint density at radius 1 is 1.40 bits per heavy atom. The Morgan fingerprint density at radius 2 is 2.04 bits per heavy atom. The molecule has 0 aromatic rings. The Labute approximate surface area is 151 Å². The first-order valence-corrected chi connectivity index (χ1v) is 9.36. The summed E-state index contributed by atoms with van der Waals surface area (Å²) in [5.74, 6) is -0.694. The van der Waals surface area contributed by atoms with E-state index in [9.17, 15) is 14.7 Å². The predicted octanol–water partition coefficient (Wildman–Crippen LogP) is 3.83. The zero-order valence-corrected chi connectivity index (χ0v) is 16.2. The van der Waals surface area contributed by atoms with Crippen LogP contribution < -0.4 is 0 Å². The van der Waals surface area contributed by atoms with Crippen molar-refractivity contribution in [2.75, 3.05) is 0 Å². The van der Waals surface area contributed by atoms with E-state index in [2.05, 4.69) is 20.4 Å². The van der Waals surface area contributed by atoms with Crippen LogP contribution in [0.1, 0.15) is 60.3 Å². The molecule has 1 N–H and O–H groups in total. The van der Waals surface area contributed by atoms with Gasteiger partial charge in [0.15, 0.2) is 5.78 Å². The van der Waals surface area contributed by atoms with E-state index < -0.39 is 6.10 Å². The number of carbonyl (C=O) groups is 2. The molecule has 0 aliphatic heterocycles. The minimum Gasteiger partial charge on any atom is -0.459 e. The van der Waals surface area contributed by atoms with E-state index in [-0.39, 0.29) is 41.0 Å². The topological polar surface area (TPSA) is 63.6 Å². The molecule has 0 radical (unpaired) electrons. The zero-order valence-electron chi connectivity index (χ0n) is 16.2. The highest BCUT2D eigenvalue weighted by Gasteiger charge is 2.56.